The van der Waals surface area contributed by atoms with Crippen molar-refractivity contribution in [2.24, 2.45) is 0 Å². The van der Waals surface area contributed by atoms with E-state index in [-0.39, 0.29) is 0 Å². The predicted octanol–water partition coefficient (Wildman–Crippen LogP) is 4.66. The Kier molecular flexibility index (Phi) is 5.59. The first kappa shape index (κ1) is 20.2. The van der Waals surface area contributed by atoms with Gasteiger partial charge in [-0.25, -0.2) is 4.98 Å². The van der Waals surface area contributed by atoms with Gasteiger partial charge in [0.25, 0.3) is 11.8 Å². The summed E-state index contributed by atoms with van der Waals surface area (Å²) in [5.74, 6) is -0.502. The molecule has 0 bridgehead atoms. The van der Waals surface area contributed by atoms with Gasteiger partial charge in [-0.05, 0) is 42.5 Å². The molecule has 2 aromatic carbocycles. The van der Waals surface area contributed by atoms with Gasteiger partial charge in [-0.1, -0.05) is 34.8 Å². The third-order valence-electron chi connectivity index (χ3n) is 4.23. The Labute approximate surface area is 185 Å². The average molecular weight is 461 g/mol. The number of fused-ring (bicyclic) bond motifs is 1. The lowest BCUT2D eigenvalue weighted by molar-refractivity contribution is 0.0847. The van der Waals surface area contributed by atoms with Crippen LogP contribution in [0, 0.1) is 0 Å². The second-order valence-electron chi connectivity index (χ2n) is 6.21. The quantitative estimate of drug-likeness (QED) is 0.387. The third kappa shape index (κ3) is 4.09. The van der Waals surface area contributed by atoms with Gasteiger partial charge in [-0.2, -0.15) is 0 Å². The van der Waals surface area contributed by atoms with E-state index in [0.29, 0.717) is 48.6 Å². The number of H-pyrrole nitrogens is 1. The summed E-state index contributed by atoms with van der Waals surface area (Å²) < 4.78 is 0. The Bertz CT molecular complexity index is 1250. The lowest BCUT2D eigenvalue weighted by Gasteiger charge is -2.07. The normalized spacial score (nSPS) is 10.8. The van der Waals surface area contributed by atoms with Crippen molar-refractivity contribution in [3.05, 3.63) is 81.1 Å². The van der Waals surface area contributed by atoms with Crippen molar-refractivity contribution in [2.45, 2.75) is 0 Å². The number of carbonyl (C=O) groups excluding carboxylic acids is 2. The van der Waals surface area contributed by atoms with Gasteiger partial charge in [0.2, 0.25) is 0 Å². The van der Waals surface area contributed by atoms with E-state index in [2.05, 4.69) is 25.8 Å². The molecule has 4 aromatic rings. The Balaban J connectivity index is 1.52. The molecule has 150 valence electrons. The van der Waals surface area contributed by atoms with E-state index in [1.54, 1.807) is 42.5 Å². The SMILES string of the molecule is O=C(NNC(=O)c1ccc2nc(-c3c(Cl)cncc3Cl)[nH]c2c1)c1ccc(Cl)cc1. The van der Waals surface area contributed by atoms with Crippen LogP contribution < -0.4 is 10.9 Å². The first-order valence-corrected chi connectivity index (χ1v) is 9.71. The molecule has 2 amide bonds. The smallest absolute Gasteiger partial charge is 0.269 e. The lowest BCUT2D eigenvalue weighted by Crippen LogP contribution is -2.41. The number of hydrazine groups is 1. The van der Waals surface area contributed by atoms with Gasteiger partial charge in [0, 0.05) is 28.5 Å². The number of pyridine rings is 1. The van der Waals surface area contributed by atoms with Crippen molar-refractivity contribution in [1.82, 2.24) is 25.8 Å². The highest BCUT2D eigenvalue weighted by molar-refractivity contribution is 6.38. The van der Waals surface area contributed by atoms with Gasteiger partial charge in [0.1, 0.15) is 5.82 Å². The van der Waals surface area contributed by atoms with E-state index >= 15 is 0 Å². The topological polar surface area (TPSA) is 99.8 Å². The minimum atomic E-state index is -0.490. The van der Waals surface area contributed by atoms with Crippen LogP contribution in [0.3, 0.4) is 0 Å². The molecule has 0 aliphatic rings. The lowest BCUT2D eigenvalue weighted by atomic mass is 10.2. The number of hydrogen-bond acceptors (Lipinski definition) is 4. The highest BCUT2D eigenvalue weighted by Crippen LogP contribution is 2.33. The van der Waals surface area contributed by atoms with Crippen LogP contribution in [0.15, 0.2) is 54.9 Å². The number of hydrogen-bond donors (Lipinski definition) is 3. The molecule has 0 aliphatic heterocycles. The average Bonchev–Trinajstić information content (AvgIpc) is 3.14. The first-order chi connectivity index (χ1) is 14.4. The Hall–Kier alpha value is -3.13. The van der Waals surface area contributed by atoms with Crippen LogP contribution in [0.25, 0.3) is 22.4 Å². The second kappa shape index (κ2) is 8.31. The molecule has 4 rings (SSSR count). The minimum Gasteiger partial charge on any atom is -0.338 e. The van der Waals surface area contributed by atoms with Crippen molar-refractivity contribution in [1.29, 1.82) is 0 Å². The molecule has 2 heterocycles. The summed E-state index contributed by atoms with van der Waals surface area (Å²) in [4.78, 5) is 36.0. The summed E-state index contributed by atoms with van der Waals surface area (Å²) in [6.45, 7) is 0. The summed E-state index contributed by atoms with van der Waals surface area (Å²) in [6, 6.07) is 11.2. The standard InChI is InChI=1S/C20H12Cl3N5O2/c21-12-4-1-10(2-5-12)19(29)27-28-20(30)11-3-6-15-16(7-11)26-18(25-15)17-13(22)8-24-9-14(17)23/h1-9H,(H,25,26)(H,27,29)(H,28,30). The highest BCUT2D eigenvalue weighted by atomic mass is 35.5. The van der Waals surface area contributed by atoms with Crippen LogP contribution in [0.2, 0.25) is 15.1 Å². The van der Waals surface area contributed by atoms with Crippen molar-refractivity contribution in [3.8, 4) is 11.4 Å². The second-order valence-corrected chi connectivity index (χ2v) is 7.46. The fourth-order valence-electron chi connectivity index (χ4n) is 2.77. The summed E-state index contributed by atoms with van der Waals surface area (Å²) in [5, 5.41) is 1.21. The minimum absolute atomic E-state index is 0.320. The molecular weight excluding hydrogens is 449 g/mol. The molecule has 0 saturated carbocycles. The zero-order valence-corrected chi connectivity index (χ0v) is 17.3. The molecular formula is C20H12Cl3N5O2. The van der Waals surface area contributed by atoms with Crippen LogP contribution in [-0.2, 0) is 0 Å². The molecule has 0 fully saturated rings. The molecule has 2 aromatic heterocycles. The van der Waals surface area contributed by atoms with E-state index in [9.17, 15) is 9.59 Å². The van der Waals surface area contributed by atoms with Crippen LogP contribution in [0.5, 0.6) is 0 Å². The van der Waals surface area contributed by atoms with Crippen LogP contribution >= 0.6 is 34.8 Å². The number of nitrogens with zero attached hydrogens (tertiary/aromatic N) is 2. The molecule has 10 heteroatoms. The molecule has 0 aliphatic carbocycles. The largest absolute Gasteiger partial charge is 0.338 e. The van der Waals surface area contributed by atoms with Crippen LogP contribution in [0.4, 0.5) is 0 Å². The van der Waals surface area contributed by atoms with Crippen LogP contribution in [-0.4, -0.2) is 26.8 Å². The zero-order valence-electron chi connectivity index (χ0n) is 15.0. The van der Waals surface area contributed by atoms with E-state index in [4.69, 9.17) is 34.8 Å². The monoisotopic (exact) mass is 459 g/mol. The van der Waals surface area contributed by atoms with Gasteiger partial charge < -0.3 is 4.98 Å². The summed E-state index contributed by atoms with van der Waals surface area (Å²) >= 11 is 18.2. The maximum atomic E-state index is 12.4. The predicted molar refractivity (Wildman–Crippen MR) is 116 cm³/mol. The fraction of sp³-hybridized carbons (Fsp3) is 0. The summed E-state index contributed by atoms with van der Waals surface area (Å²) in [7, 11) is 0. The number of aromatic nitrogens is 3. The van der Waals surface area contributed by atoms with Crippen molar-refractivity contribution < 1.29 is 9.59 Å². The molecule has 0 unspecified atom stereocenters. The number of imidazole rings is 1. The fourth-order valence-corrected chi connectivity index (χ4v) is 3.44. The first-order valence-electron chi connectivity index (χ1n) is 8.58. The molecule has 0 saturated heterocycles. The summed E-state index contributed by atoms with van der Waals surface area (Å²) in [5.41, 5.74) is 7.16. The van der Waals surface area contributed by atoms with Gasteiger partial charge in [-0.3, -0.25) is 25.4 Å². The van der Waals surface area contributed by atoms with Gasteiger partial charge in [-0.15, -0.1) is 0 Å². The number of aromatic amines is 1. The van der Waals surface area contributed by atoms with Crippen molar-refractivity contribution >= 4 is 57.7 Å². The molecule has 0 atom stereocenters. The maximum Gasteiger partial charge on any atom is 0.269 e. The summed E-state index contributed by atoms with van der Waals surface area (Å²) in [6.07, 6.45) is 2.94. The molecule has 30 heavy (non-hydrogen) atoms. The molecule has 0 radical (unpaired) electrons. The van der Waals surface area contributed by atoms with Crippen LogP contribution in [0.1, 0.15) is 20.7 Å². The number of amides is 2. The molecule has 7 nitrogen and oxygen atoms in total. The number of benzene rings is 2. The van der Waals surface area contributed by atoms with Gasteiger partial charge >= 0.3 is 0 Å². The van der Waals surface area contributed by atoms with Gasteiger partial charge in [0.15, 0.2) is 0 Å². The van der Waals surface area contributed by atoms with E-state index in [1.807, 2.05) is 0 Å². The maximum absolute atomic E-state index is 12.4. The number of carbonyl (C=O) groups is 2. The Morgan fingerprint density at radius 3 is 2.10 bits per heavy atom. The molecule has 0 spiro atoms. The highest BCUT2D eigenvalue weighted by Gasteiger charge is 2.15. The Morgan fingerprint density at radius 2 is 1.43 bits per heavy atom. The Morgan fingerprint density at radius 1 is 0.833 bits per heavy atom. The number of rotatable bonds is 3. The third-order valence-corrected chi connectivity index (χ3v) is 5.06. The number of halogens is 3. The molecule has 3 N–H and O–H groups in total. The van der Waals surface area contributed by atoms with Crippen molar-refractivity contribution in [3.63, 3.8) is 0 Å². The van der Waals surface area contributed by atoms with Crippen molar-refractivity contribution in [2.75, 3.05) is 0 Å². The number of nitrogens with one attached hydrogen (secondary N) is 3. The van der Waals surface area contributed by atoms with E-state index < -0.39 is 11.8 Å². The van der Waals surface area contributed by atoms with Gasteiger partial charge in [0.05, 0.1) is 26.6 Å². The van der Waals surface area contributed by atoms with E-state index in [1.165, 1.54) is 12.4 Å². The van der Waals surface area contributed by atoms with E-state index in [0.717, 1.165) is 0 Å². The zero-order chi connectivity index (χ0) is 21.3.